The Kier molecular flexibility index (Phi) is 6.87. The smallest absolute Gasteiger partial charge is 0.223 e. The summed E-state index contributed by atoms with van der Waals surface area (Å²) in [7, 11) is 3.98. The second-order valence-electron chi connectivity index (χ2n) is 5.49. The van der Waals surface area contributed by atoms with Crippen molar-refractivity contribution in [2.24, 2.45) is 0 Å². The van der Waals surface area contributed by atoms with E-state index in [2.05, 4.69) is 4.90 Å². The van der Waals surface area contributed by atoms with E-state index in [1.54, 1.807) is 0 Å². The zero-order valence-corrected chi connectivity index (χ0v) is 13.5. The molecule has 0 spiro atoms. The van der Waals surface area contributed by atoms with Crippen LogP contribution in [0.15, 0.2) is 10.9 Å². The Bertz CT molecular complexity index is 512. The highest BCUT2D eigenvalue weighted by Gasteiger charge is 2.15. The first-order valence-electron chi connectivity index (χ1n) is 7.30. The van der Waals surface area contributed by atoms with Crippen LogP contribution in [0.5, 0.6) is 5.75 Å². The SMILES string of the molecule is CCN(CCO)Cc1c(O)c(=O)cc(C)n1CCN(C)C. The van der Waals surface area contributed by atoms with Crippen molar-refractivity contribution in [3.05, 3.63) is 27.7 Å². The van der Waals surface area contributed by atoms with Crippen molar-refractivity contribution in [2.45, 2.75) is 26.9 Å². The van der Waals surface area contributed by atoms with E-state index in [4.69, 9.17) is 5.11 Å². The summed E-state index contributed by atoms with van der Waals surface area (Å²) in [6.45, 7) is 7.17. The van der Waals surface area contributed by atoms with E-state index in [-0.39, 0.29) is 17.8 Å². The lowest BCUT2D eigenvalue weighted by atomic mass is 10.2. The van der Waals surface area contributed by atoms with E-state index in [0.29, 0.717) is 25.3 Å². The van der Waals surface area contributed by atoms with Gasteiger partial charge < -0.3 is 19.7 Å². The number of hydrogen-bond acceptors (Lipinski definition) is 5. The van der Waals surface area contributed by atoms with Crippen LogP contribution in [0.4, 0.5) is 0 Å². The average molecular weight is 297 g/mol. The highest BCUT2D eigenvalue weighted by Crippen LogP contribution is 2.17. The molecule has 0 unspecified atom stereocenters. The normalized spacial score (nSPS) is 11.6. The molecule has 0 aliphatic heterocycles. The lowest BCUT2D eigenvalue weighted by molar-refractivity contribution is 0.191. The van der Waals surface area contributed by atoms with Crippen LogP contribution < -0.4 is 5.43 Å². The van der Waals surface area contributed by atoms with Crippen molar-refractivity contribution in [2.75, 3.05) is 40.3 Å². The van der Waals surface area contributed by atoms with Gasteiger partial charge in [-0.2, -0.15) is 0 Å². The Morgan fingerprint density at radius 2 is 1.95 bits per heavy atom. The molecule has 0 bridgehead atoms. The van der Waals surface area contributed by atoms with Gasteiger partial charge in [0.1, 0.15) is 0 Å². The van der Waals surface area contributed by atoms with E-state index in [9.17, 15) is 9.90 Å². The van der Waals surface area contributed by atoms with E-state index < -0.39 is 0 Å². The van der Waals surface area contributed by atoms with Gasteiger partial charge in [0.25, 0.3) is 0 Å². The molecule has 1 aromatic heterocycles. The van der Waals surface area contributed by atoms with Gasteiger partial charge in [0, 0.05) is 37.9 Å². The molecule has 0 saturated heterocycles. The molecule has 0 amide bonds. The average Bonchev–Trinajstić information content (AvgIpc) is 2.42. The summed E-state index contributed by atoms with van der Waals surface area (Å²) in [6.07, 6.45) is 0. The number of nitrogens with zero attached hydrogens (tertiary/aromatic N) is 3. The number of aliphatic hydroxyl groups is 1. The maximum atomic E-state index is 11.8. The van der Waals surface area contributed by atoms with Gasteiger partial charge in [-0.15, -0.1) is 0 Å². The van der Waals surface area contributed by atoms with E-state index >= 15 is 0 Å². The molecule has 6 heteroatoms. The summed E-state index contributed by atoms with van der Waals surface area (Å²) >= 11 is 0. The zero-order valence-electron chi connectivity index (χ0n) is 13.5. The maximum absolute atomic E-state index is 11.8. The quantitative estimate of drug-likeness (QED) is 0.719. The van der Waals surface area contributed by atoms with Crippen molar-refractivity contribution < 1.29 is 10.2 Å². The monoisotopic (exact) mass is 297 g/mol. The largest absolute Gasteiger partial charge is 0.503 e. The van der Waals surface area contributed by atoms with Gasteiger partial charge in [-0.1, -0.05) is 6.92 Å². The number of aromatic nitrogens is 1. The van der Waals surface area contributed by atoms with E-state index in [1.165, 1.54) is 6.07 Å². The van der Waals surface area contributed by atoms with Gasteiger partial charge in [-0.05, 0) is 27.6 Å². The zero-order chi connectivity index (χ0) is 16.0. The topological polar surface area (TPSA) is 68.9 Å². The number of aromatic hydroxyl groups is 1. The van der Waals surface area contributed by atoms with Crippen LogP contribution in [0.3, 0.4) is 0 Å². The molecule has 0 aliphatic rings. The first-order chi connectivity index (χ1) is 9.90. The Labute approximate surface area is 126 Å². The summed E-state index contributed by atoms with van der Waals surface area (Å²) in [4.78, 5) is 15.9. The number of rotatable bonds is 8. The predicted octanol–water partition coefficient (Wildman–Crippen LogP) is 0.238. The van der Waals surface area contributed by atoms with Crippen LogP contribution in [0.1, 0.15) is 18.3 Å². The lowest BCUT2D eigenvalue weighted by Crippen LogP contribution is -2.30. The molecule has 0 atom stereocenters. The Balaban J connectivity index is 3.15. The highest BCUT2D eigenvalue weighted by atomic mass is 16.3. The van der Waals surface area contributed by atoms with Gasteiger partial charge in [0.2, 0.25) is 5.43 Å². The summed E-state index contributed by atoms with van der Waals surface area (Å²) in [6, 6.07) is 1.47. The number of aryl methyl sites for hydroxylation is 1. The molecule has 120 valence electrons. The van der Waals surface area contributed by atoms with E-state index in [1.807, 2.05) is 37.4 Å². The molecule has 0 aliphatic carbocycles. The van der Waals surface area contributed by atoms with E-state index in [0.717, 1.165) is 18.8 Å². The standard InChI is InChI=1S/C15H27N3O3/c1-5-17(8-9-19)11-13-15(21)14(20)10-12(2)18(13)7-6-16(3)4/h10,19,21H,5-9,11H2,1-4H3. The molecule has 21 heavy (non-hydrogen) atoms. The van der Waals surface area contributed by atoms with Gasteiger partial charge in [-0.3, -0.25) is 9.69 Å². The molecular weight excluding hydrogens is 270 g/mol. The highest BCUT2D eigenvalue weighted by molar-refractivity contribution is 5.29. The molecular formula is C15H27N3O3. The molecule has 0 fully saturated rings. The fourth-order valence-corrected chi connectivity index (χ4v) is 2.29. The molecule has 0 saturated carbocycles. The summed E-state index contributed by atoms with van der Waals surface area (Å²) in [5.41, 5.74) is 1.12. The maximum Gasteiger partial charge on any atom is 0.223 e. The first-order valence-corrected chi connectivity index (χ1v) is 7.30. The third kappa shape index (κ3) is 4.84. The molecule has 6 nitrogen and oxygen atoms in total. The summed E-state index contributed by atoms with van der Waals surface area (Å²) in [5.74, 6) is -0.184. The van der Waals surface area contributed by atoms with Gasteiger partial charge in [0.15, 0.2) is 5.75 Å². The third-order valence-electron chi connectivity index (χ3n) is 3.61. The van der Waals surface area contributed by atoms with Crippen LogP contribution in [-0.4, -0.2) is 64.9 Å². The molecule has 0 radical (unpaired) electrons. The van der Waals surface area contributed by atoms with Crippen molar-refractivity contribution in [3.8, 4) is 5.75 Å². The fraction of sp³-hybridized carbons (Fsp3) is 0.667. The Morgan fingerprint density at radius 1 is 1.29 bits per heavy atom. The first kappa shape index (κ1) is 17.7. The van der Waals surface area contributed by atoms with Crippen molar-refractivity contribution in [3.63, 3.8) is 0 Å². The molecule has 1 heterocycles. The van der Waals surface area contributed by atoms with Crippen LogP contribution in [0.2, 0.25) is 0 Å². The minimum Gasteiger partial charge on any atom is -0.503 e. The van der Waals surface area contributed by atoms with Gasteiger partial charge in [-0.25, -0.2) is 0 Å². The molecule has 1 aromatic rings. The number of hydrogen-bond donors (Lipinski definition) is 2. The van der Waals surface area contributed by atoms with Crippen molar-refractivity contribution in [1.82, 2.24) is 14.4 Å². The molecule has 2 N–H and O–H groups in total. The minimum absolute atomic E-state index is 0.0579. The Morgan fingerprint density at radius 3 is 2.48 bits per heavy atom. The predicted molar refractivity (Wildman–Crippen MR) is 83.7 cm³/mol. The summed E-state index contributed by atoms with van der Waals surface area (Å²) in [5, 5.41) is 19.2. The van der Waals surface area contributed by atoms with Gasteiger partial charge >= 0.3 is 0 Å². The molecule has 0 aromatic carbocycles. The van der Waals surface area contributed by atoms with Crippen molar-refractivity contribution >= 4 is 0 Å². The second kappa shape index (κ2) is 8.17. The molecule has 1 rings (SSSR count). The number of pyridine rings is 1. The number of likely N-dealkylation sites (N-methyl/N-ethyl adjacent to an activating group) is 2. The van der Waals surface area contributed by atoms with Gasteiger partial charge in [0.05, 0.1) is 12.3 Å². The van der Waals surface area contributed by atoms with Crippen LogP contribution in [-0.2, 0) is 13.1 Å². The second-order valence-corrected chi connectivity index (χ2v) is 5.49. The Hall–Kier alpha value is -1.37. The van der Waals surface area contributed by atoms with Crippen LogP contribution in [0, 0.1) is 6.92 Å². The lowest BCUT2D eigenvalue weighted by Gasteiger charge is -2.25. The fourth-order valence-electron chi connectivity index (χ4n) is 2.29. The number of aliphatic hydroxyl groups excluding tert-OH is 1. The summed E-state index contributed by atoms with van der Waals surface area (Å²) < 4.78 is 1.98. The van der Waals surface area contributed by atoms with Crippen LogP contribution in [0.25, 0.3) is 0 Å². The van der Waals surface area contributed by atoms with Crippen molar-refractivity contribution in [1.29, 1.82) is 0 Å². The van der Waals surface area contributed by atoms with Crippen LogP contribution >= 0.6 is 0 Å². The minimum atomic E-state index is -0.344. The third-order valence-corrected chi connectivity index (χ3v) is 3.61.